The largest absolute Gasteiger partial charge is 0.340 e. The molecule has 0 aliphatic heterocycles. The number of allylic oxidation sites excluding steroid dienone is 10. The first kappa shape index (κ1) is 22.1. The van der Waals surface area contributed by atoms with E-state index in [-0.39, 0.29) is 5.41 Å². The molecule has 1 N–H and O–H groups in total. The highest BCUT2D eigenvalue weighted by Gasteiger charge is 2.15. The molecule has 0 aliphatic rings. The number of nitrogens with zero attached hydrogens (tertiary/aromatic N) is 2. The number of nitrogens with one attached hydrogen (secondary N) is 1. The van der Waals surface area contributed by atoms with Gasteiger partial charge in [0.15, 0.2) is 0 Å². The fourth-order valence-electron chi connectivity index (χ4n) is 2.33. The molecule has 0 unspecified atom stereocenters. The SMILES string of the molecule is C=C/C=C\C(=C/CC)Nc1cc(/C(C=C)=C/C(=C\C=C)C(C)(C)C)ncn1. The van der Waals surface area contributed by atoms with Gasteiger partial charge in [0.1, 0.15) is 12.1 Å². The molecular formula is C24H31N3. The van der Waals surface area contributed by atoms with Crippen molar-refractivity contribution >= 4 is 11.4 Å². The highest BCUT2D eigenvalue weighted by Crippen LogP contribution is 2.29. The predicted octanol–water partition coefficient (Wildman–Crippen LogP) is 6.65. The molecule has 0 fully saturated rings. The molecule has 0 bridgehead atoms. The molecule has 0 radical (unpaired) electrons. The van der Waals surface area contributed by atoms with Crippen LogP contribution in [0, 0.1) is 5.41 Å². The van der Waals surface area contributed by atoms with Crippen LogP contribution in [0.15, 0.2) is 92.0 Å². The van der Waals surface area contributed by atoms with Gasteiger partial charge in [-0.05, 0) is 29.6 Å². The van der Waals surface area contributed by atoms with Gasteiger partial charge in [-0.15, -0.1) is 0 Å². The van der Waals surface area contributed by atoms with Crippen LogP contribution < -0.4 is 5.32 Å². The minimum atomic E-state index is -0.0108. The van der Waals surface area contributed by atoms with Crippen LogP contribution in [0.5, 0.6) is 0 Å². The maximum Gasteiger partial charge on any atom is 0.134 e. The van der Waals surface area contributed by atoms with Crippen molar-refractivity contribution < 1.29 is 0 Å². The molecule has 3 heteroatoms. The first-order chi connectivity index (χ1) is 12.8. The lowest BCUT2D eigenvalue weighted by molar-refractivity contribution is 0.517. The maximum absolute atomic E-state index is 4.42. The summed E-state index contributed by atoms with van der Waals surface area (Å²) in [6.45, 7) is 20.1. The molecule has 1 aromatic heterocycles. The summed E-state index contributed by atoms with van der Waals surface area (Å²) in [5.74, 6) is 0.728. The van der Waals surface area contributed by atoms with Crippen molar-refractivity contribution in [2.24, 2.45) is 5.41 Å². The topological polar surface area (TPSA) is 37.8 Å². The number of hydrogen-bond acceptors (Lipinski definition) is 3. The summed E-state index contributed by atoms with van der Waals surface area (Å²) in [6, 6.07) is 1.92. The molecule has 0 aliphatic carbocycles. The molecule has 0 atom stereocenters. The van der Waals surface area contributed by atoms with Gasteiger partial charge in [0.05, 0.1) is 5.69 Å². The summed E-state index contributed by atoms with van der Waals surface area (Å²) in [4.78, 5) is 8.76. The van der Waals surface area contributed by atoms with Crippen molar-refractivity contribution in [2.75, 3.05) is 5.32 Å². The van der Waals surface area contributed by atoms with Crippen molar-refractivity contribution in [2.45, 2.75) is 34.1 Å². The molecule has 3 nitrogen and oxygen atoms in total. The van der Waals surface area contributed by atoms with Gasteiger partial charge in [0.25, 0.3) is 0 Å². The van der Waals surface area contributed by atoms with Crippen LogP contribution in [0.3, 0.4) is 0 Å². The Morgan fingerprint density at radius 3 is 2.44 bits per heavy atom. The van der Waals surface area contributed by atoms with E-state index in [1.807, 2.05) is 30.4 Å². The van der Waals surface area contributed by atoms with E-state index in [1.165, 1.54) is 0 Å². The van der Waals surface area contributed by atoms with Crippen LogP contribution in [0.2, 0.25) is 0 Å². The Balaban J connectivity index is 3.26. The quantitative estimate of drug-likeness (QED) is 0.500. The molecule has 0 saturated carbocycles. The second-order valence-electron chi connectivity index (χ2n) is 6.99. The number of anilines is 1. The molecule has 27 heavy (non-hydrogen) atoms. The normalized spacial score (nSPS) is 13.6. The number of hydrogen-bond donors (Lipinski definition) is 1. The fraction of sp³-hybridized carbons (Fsp3) is 0.250. The van der Waals surface area contributed by atoms with Gasteiger partial charge in [-0.25, -0.2) is 9.97 Å². The second-order valence-corrected chi connectivity index (χ2v) is 6.99. The first-order valence-electron chi connectivity index (χ1n) is 9.11. The van der Waals surface area contributed by atoms with E-state index in [0.29, 0.717) is 0 Å². The lowest BCUT2D eigenvalue weighted by Crippen LogP contribution is -2.08. The highest BCUT2D eigenvalue weighted by atomic mass is 15.0. The standard InChI is InChI=1S/C24H31N3/c1-8-12-15-21(14-10-3)27-23-17-22(25-18-26-23)19(11-4)16-20(13-9-2)24(5,6)7/h8-9,11-18H,1-2,4,10H2,3,5-7H3,(H,25,26,27)/b15-12-,19-16+,20-13+,21-14+. The lowest BCUT2D eigenvalue weighted by atomic mass is 9.84. The third-order valence-electron chi connectivity index (χ3n) is 3.77. The average molecular weight is 362 g/mol. The van der Waals surface area contributed by atoms with E-state index in [4.69, 9.17) is 0 Å². The predicted molar refractivity (Wildman–Crippen MR) is 119 cm³/mol. The van der Waals surface area contributed by atoms with E-state index in [2.05, 4.69) is 74.9 Å². The molecule has 1 heterocycles. The maximum atomic E-state index is 4.42. The zero-order chi connectivity index (χ0) is 20.3. The van der Waals surface area contributed by atoms with Crippen molar-refractivity contribution in [1.29, 1.82) is 0 Å². The molecule has 142 valence electrons. The molecular weight excluding hydrogens is 330 g/mol. The smallest absolute Gasteiger partial charge is 0.134 e. The van der Waals surface area contributed by atoms with Gasteiger partial charge in [0.2, 0.25) is 0 Å². The molecule has 0 amide bonds. The van der Waals surface area contributed by atoms with Crippen molar-refractivity contribution in [3.63, 3.8) is 0 Å². The van der Waals surface area contributed by atoms with Gasteiger partial charge in [-0.3, -0.25) is 0 Å². The monoisotopic (exact) mass is 361 g/mol. The van der Waals surface area contributed by atoms with E-state index < -0.39 is 0 Å². The summed E-state index contributed by atoms with van der Waals surface area (Å²) in [7, 11) is 0. The minimum absolute atomic E-state index is 0.0108. The van der Waals surface area contributed by atoms with Crippen LogP contribution in [0.25, 0.3) is 5.57 Å². The van der Waals surface area contributed by atoms with Crippen LogP contribution in [-0.4, -0.2) is 9.97 Å². The van der Waals surface area contributed by atoms with Gasteiger partial charge >= 0.3 is 0 Å². The van der Waals surface area contributed by atoms with Crippen LogP contribution >= 0.6 is 0 Å². The van der Waals surface area contributed by atoms with Crippen LogP contribution in [0.1, 0.15) is 39.8 Å². The Kier molecular flexibility index (Phi) is 8.94. The van der Waals surface area contributed by atoms with Crippen LogP contribution in [-0.2, 0) is 0 Å². The van der Waals surface area contributed by atoms with Gasteiger partial charge in [-0.2, -0.15) is 0 Å². The summed E-state index contributed by atoms with van der Waals surface area (Å²) in [6.07, 6.45) is 17.9. The lowest BCUT2D eigenvalue weighted by Gasteiger charge is -2.21. The van der Waals surface area contributed by atoms with Crippen LogP contribution in [0.4, 0.5) is 5.82 Å². The number of rotatable bonds is 9. The van der Waals surface area contributed by atoms with E-state index >= 15 is 0 Å². The number of aromatic nitrogens is 2. The Bertz CT molecular complexity index is 784. The Hall–Kier alpha value is -2.94. The second kappa shape index (κ2) is 10.9. The molecule has 0 saturated heterocycles. The fourth-order valence-corrected chi connectivity index (χ4v) is 2.33. The van der Waals surface area contributed by atoms with E-state index in [9.17, 15) is 0 Å². The third-order valence-corrected chi connectivity index (χ3v) is 3.77. The highest BCUT2D eigenvalue weighted by molar-refractivity contribution is 5.75. The van der Waals surface area contributed by atoms with Gasteiger partial charge in [0, 0.05) is 17.3 Å². The zero-order valence-electron chi connectivity index (χ0n) is 17.0. The molecule has 1 aromatic rings. The zero-order valence-corrected chi connectivity index (χ0v) is 17.0. The summed E-state index contributed by atoms with van der Waals surface area (Å²) in [5, 5.41) is 3.33. The van der Waals surface area contributed by atoms with Crippen molar-refractivity contribution in [1.82, 2.24) is 9.97 Å². The minimum Gasteiger partial charge on any atom is -0.340 e. The van der Waals surface area contributed by atoms with E-state index in [1.54, 1.807) is 18.5 Å². The van der Waals surface area contributed by atoms with Gasteiger partial charge < -0.3 is 5.32 Å². The Morgan fingerprint density at radius 1 is 1.15 bits per heavy atom. The average Bonchev–Trinajstić information content (AvgIpc) is 2.62. The first-order valence-corrected chi connectivity index (χ1v) is 9.11. The summed E-state index contributed by atoms with van der Waals surface area (Å²) in [5.41, 5.74) is 3.86. The molecule has 1 rings (SSSR count). The molecule has 0 aromatic carbocycles. The van der Waals surface area contributed by atoms with Gasteiger partial charge in [-0.1, -0.05) is 83.9 Å². The summed E-state index contributed by atoms with van der Waals surface area (Å²) >= 11 is 0. The molecule has 0 spiro atoms. The Labute approximate surface area is 164 Å². The van der Waals surface area contributed by atoms with Crippen molar-refractivity contribution in [3.8, 4) is 0 Å². The van der Waals surface area contributed by atoms with Crippen molar-refractivity contribution in [3.05, 3.63) is 97.7 Å². The van der Waals surface area contributed by atoms with E-state index in [0.717, 1.165) is 34.8 Å². The Morgan fingerprint density at radius 2 is 1.89 bits per heavy atom. The third kappa shape index (κ3) is 7.45. The summed E-state index contributed by atoms with van der Waals surface area (Å²) < 4.78 is 0.